The van der Waals surface area contributed by atoms with E-state index in [0.29, 0.717) is 35.5 Å². The van der Waals surface area contributed by atoms with Crippen molar-refractivity contribution in [2.24, 2.45) is 0 Å². The van der Waals surface area contributed by atoms with E-state index in [1.54, 1.807) is 38.1 Å². The average Bonchev–Trinajstić information content (AvgIpc) is 2.77. The lowest BCUT2D eigenvalue weighted by Crippen LogP contribution is -2.38. The maximum absolute atomic E-state index is 14.0. The molecule has 3 aromatic rings. The third kappa shape index (κ3) is 4.77. The molecule has 0 amide bonds. The van der Waals surface area contributed by atoms with Crippen LogP contribution in [0.5, 0.6) is 0 Å². The monoisotopic (exact) mass is 484 g/mol. The first-order chi connectivity index (χ1) is 15.7. The van der Waals surface area contributed by atoms with Gasteiger partial charge in [0.05, 0.1) is 28.6 Å². The molecular weight excluding hydrogens is 456 g/mol. The van der Waals surface area contributed by atoms with Gasteiger partial charge < -0.3 is 0 Å². The molecule has 4 rings (SSSR count). The lowest BCUT2D eigenvalue weighted by Gasteiger charge is -2.30. The fraction of sp³-hybridized carbons (Fsp3) is 0.280. The zero-order valence-corrected chi connectivity index (χ0v) is 20.4. The molecule has 0 aliphatic carbocycles. The molecule has 1 aliphatic heterocycles. The van der Waals surface area contributed by atoms with E-state index in [-0.39, 0.29) is 17.2 Å². The summed E-state index contributed by atoms with van der Waals surface area (Å²) >= 11 is 0. The molecule has 1 aliphatic rings. The van der Waals surface area contributed by atoms with Crippen molar-refractivity contribution >= 4 is 31.4 Å². The van der Waals surface area contributed by atoms with Gasteiger partial charge in [0.25, 0.3) is 10.0 Å². The van der Waals surface area contributed by atoms with Gasteiger partial charge in [-0.05, 0) is 67.6 Å². The molecule has 3 aromatic carbocycles. The highest BCUT2D eigenvalue weighted by molar-refractivity contribution is 7.93. The van der Waals surface area contributed by atoms with Gasteiger partial charge in [-0.1, -0.05) is 48.5 Å². The first-order valence-corrected chi connectivity index (χ1v) is 14.0. The Balaban J connectivity index is 1.80. The van der Waals surface area contributed by atoms with Gasteiger partial charge in [-0.25, -0.2) is 16.8 Å². The van der Waals surface area contributed by atoms with Crippen LogP contribution in [0.25, 0.3) is 0 Å². The third-order valence-corrected chi connectivity index (χ3v) is 9.79. The van der Waals surface area contributed by atoms with Crippen LogP contribution in [0.2, 0.25) is 0 Å². The van der Waals surface area contributed by atoms with Gasteiger partial charge in [-0.15, -0.1) is 0 Å². The quantitative estimate of drug-likeness (QED) is 0.511. The number of rotatable bonds is 6. The van der Waals surface area contributed by atoms with Gasteiger partial charge in [0.2, 0.25) is 10.0 Å². The SMILES string of the molecule is Cc1cc(N2CCCCS2(=O)=O)cc(C)c1S(=O)(=O)N(Cc1ccccc1)c1ccccc1. The number of anilines is 2. The summed E-state index contributed by atoms with van der Waals surface area (Å²) in [5, 5.41) is 0. The minimum absolute atomic E-state index is 0.115. The first-order valence-electron chi connectivity index (χ1n) is 10.9. The highest BCUT2D eigenvalue weighted by atomic mass is 32.2. The summed E-state index contributed by atoms with van der Waals surface area (Å²) < 4.78 is 56.0. The molecule has 0 N–H and O–H groups in total. The number of nitrogens with zero attached hydrogens (tertiary/aromatic N) is 2. The van der Waals surface area contributed by atoms with Gasteiger partial charge >= 0.3 is 0 Å². The summed E-state index contributed by atoms with van der Waals surface area (Å²) in [6, 6.07) is 21.8. The molecule has 0 spiro atoms. The van der Waals surface area contributed by atoms with Crippen molar-refractivity contribution in [1.29, 1.82) is 0 Å². The average molecular weight is 485 g/mol. The van der Waals surface area contributed by atoms with E-state index in [2.05, 4.69) is 0 Å². The van der Waals surface area contributed by atoms with Crippen molar-refractivity contribution in [3.8, 4) is 0 Å². The second kappa shape index (κ2) is 9.19. The molecule has 8 heteroatoms. The molecule has 0 unspecified atom stereocenters. The summed E-state index contributed by atoms with van der Waals surface area (Å²) in [6.45, 7) is 4.06. The van der Waals surface area contributed by atoms with E-state index in [4.69, 9.17) is 0 Å². The van der Waals surface area contributed by atoms with Gasteiger partial charge in [0, 0.05) is 6.54 Å². The molecule has 33 heavy (non-hydrogen) atoms. The maximum Gasteiger partial charge on any atom is 0.265 e. The summed E-state index contributed by atoms with van der Waals surface area (Å²) in [4.78, 5) is 0.209. The lowest BCUT2D eigenvalue weighted by molar-refractivity contribution is 0.574. The molecule has 1 saturated heterocycles. The van der Waals surface area contributed by atoms with Crippen molar-refractivity contribution in [3.05, 3.63) is 89.5 Å². The Morgan fingerprint density at radius 2 is 1.45 bits per heavy atom. The zero-order chi connectivity index (χ0) is 23.6. The number of hydrogen-bond donors (Lipinski definition) is 0. The second-order valence-corrected chi connectivity index (χ2v) is 12.1. The smallest absolute Gasteiger partial charge is 0.265 e. The Labute approximate surface area is 196 Å². The molecule has 1 fully saturated rings. The standard InChI is InChI=1S/C25H28N2O4S2/c1-20-17-24(26-15-9-10-16-32(26,28)29)18-21(2)25(20)33(30,31)27(23-13-7-4-8-14-23)19-22-11-5-3-6-12-22/h3-8,11-14,17-18H,9-10,15-16,19H2,1-2H3. The van der Waals surface area contributed by atoms with E-state index >= 15 is 0 Å². The largest absolute Gasteiger partial charge is 0.270 e. The fourth-order valence-electron chi connectivity index (χ4n) is 4.33. The van der Waals surface area contributed by atoms with Gasteiger partial charge in [-0.2, -0.15) is 0 Å². The predicted octanol–water partition coefficient (Wildman–Crippen LogP) is 4.63. The van der Waals surface area contributed by atoms with Gasteiger partial charge in [-0.3, -0.25) is 8.61 Å². The van der Waals surface area contributed by atoms with Crippen LogP contribution in [0.4, 0.5) is 11.4 Å². The van der Waals surface area contributed by atoms with Crippen molar-refractivity contribution in [2.45, 2.75) is 38.1 Å². The normalized spacial score (nSPS) is 15.9. The minimum Gasteiger partial charge on any atom is -0.270 e. The predicted molar refractivity (Wildman–Crippen MR) is 133 cm³/mol. The summed E-state index contributed by atoms with van der Waals surface area (Å²) in [5.74, 6) is 0.115. The number of benzene rings is 3. The Morgan fingerprint density at radius 1 is 0.879 bits per heavy atom. The third-order valence-electron chi connectivity index (χ3n) is 5.84. The summed E-state index contributed by atoms with van der Waals surface area (Å²) in [7, 11) is -7.31. The van der Waals surface area contributed by atoms with E-state index in [0.717, 1.165) is 12.0 Å². The van der Waals surface area contributed by atoms with Crippen molar-refractivity contribution in [3.63, 3.8) is 0 Å². The van der Waals surface area contributed by atoms with Crippen LogP contribution >= 0.6 is 0 Å². The van der Waals surface area contributed by atoms with Crippen LogP contribution in [-0.2, 0) is 26.6 Å². The molecular formula is C25H28N2O4S2. The number of para-hydroxylation sites is 1. The molecule has 0 radical (unpaired) electrons. The zero-order valence-electron chi connectivity index (χ0n) is 18.8. The number of hydrogen-bond acceptors (Lipinski definition) is 4. The van der Waals surface area contributed by atoms with Crippen molar-refractivity contribution in [2.75, 3.05) is 20.9 Å². The van der Waals surface area contributed by atoms with Crippen LogP contribution in [0.1, 0.15) is 29.5 Å². The van der Waals surface area contributed by atoms with E-state index < -0.39 is 20.0 Å². The van der Waals surface area contributed by atoms with Crippen LogP contribution in [0.3, 0.4) is 0 Å². The van der Waals surface area contributed by atoms with Crippen LogP contribution in [-0.4, -0.2) is 29.1 Å². The Kier molecular flexibility index (Phi) is 6.50. The van der Waals surface area contributed by atoms with E-state index in [1.165, 1.54) is 8.61 Å². The second-order valence-electron chi connectivity index (χ2n) is 8.34. The van der Waals surface area contributed by atoms with Crippen molar-refractivity contribution < 1.29 is 16.8 Å². The minimum atomic E-state index is -3.92. The number of sulfonamides is 2. The maximum atomic E-state index is 14.0. The molecule has 0 saturated carbocycles. The van der Waals surface area contributed by atoms with Crippen molar-refractivity contribution in [1.82, 2.24) is 0 Å². The van der Waals surface area contributed by atoms with Crippen LogP contribution in [0.15, 0.2) is 77.7 Å². The molecule has 0 bridgehead atoms. The van der Waals surface area contributed by atoms with Gasteiger partial charge in [0.15, 0.2) is 0 Å². The summed E-state index contributed by atoms with van der Waals surface area (Å²) in [6.07, 6.45) is 1.44. The highest BCUT2D eigenvalue weighted by Gasteiger charge is 2.31. The Hall–Kier alpha value is -2.84. The molecule has 6 nitrogen and oxygen atoms in total. The molecule has 1 heterocycles. The fourth-order valence-corrected chi connectivity index (χ4v) is 7.82. The molecule has 0 aromatic heterocycles. The van der Waals surface area contributed by atoms with E-state index in [1.807, 2.05) is 48.5 Å². The summed E-state index contributed by atoms with van der Waals surface area (Å²) in [5.41, 5.74) is 3.02. The topological polar surface area (TPSA) is 74.8 Å². The van der Waals surface area contributed by atoms with Gasteiger partial charge in [0.1, 0.15) is 0 Å². The number of aryl methyl sites for hydroxylation is 2. The van der Waals surface area contributed by atoms with Crippen LogP contribution < -0.4 is 8.61 Å². The highest BCUT2D eigenvalue weighted by Crippen LogP contribution is 2.34. The Morgan fingerprint density at radius 3 is 2.03 bits per heavy atom. The van der Waals surface area contributed by atoms with E-state index in [9.17, 15) is 16.8 Å². The van der Waals surface area contributed by atoms with Crippen LogP contribution in [0, 0.1) is 13.8 Å². The molecule has 174 valence electrons. The lowest BCUT2D eigenvalue weighted by atomic mass is 10.1. The first kappa shape index (κ1) is 23.3. The Bertz CT molecular complexity index is 1320. The molecule has 0 atom stereocenters.